The molecule has 0 bridgehead atoms. The Bertz CT molecular complexity index is 2490. The summed E-state index contributed by atoms with van der Waals surface area (Å²) in [6, 6.07) is 18.7. The first-order chi connectivity index (χ1) is 29.3. The van der Waals surface area contributed by atoms with Gasteiger partial charge in [-0.25, -0.2) is 9.97 Å². The number of benzene rings is 2. The lowest BCUT2D eigenvalue weighted by Gasteiger charge is -2.30. The van der Waals surface area contributed by atoms with Crippen LogP contribution in [0.2, 0.25) is 0 Å². The minimum atomic E-state index is -4.49. The number of nitrogens with one attached hydrogen (secondary N) is 2. The molecule has 6 aromatic rings. The number of aryl methyl sites for hydroxylation is 1. The number of aromatic nitrogens is 4. The van der Waals surface area contributed by atoms with Crippen LogP contribution in [0.1, 0.15) is 46.6 Å². The number of halogens is 3. The van der Waals surface area contributed by atoms with Gasteiger partial charge in [-0.05, 0) is 68.0 Å². The van der Waals surface area contributed by atoms with Crippen LogP contribution >= 0.6 is 22.7 Å². The first-order valence-corrected chi connectivity index (χ1v) is 21.3. The van der Waals surface area contributed by atoms with Gasteiger partial charge >= 0.3 is 18.1 Å². The number of thiophene rings is 2. The number of nitrogens with zero attached hydrogens (tertiary/aromatic N) is 6. The molecule has 4 aromatic heterocycles. The Hall–Kier alpha value is -5.95. The van der Waals surface area contributed by atoms with Gasteiger partial charge in [-0.3, -0.25) is 9.59 Å². The van der Waals surface area contributed by atoms with Gasteiger partial charge in [0.2, 0.25) is 11.9 Å². The zero-order chi connectivity index (χ0) is 43.3. The number of methoxy groups -OCH3 is 2. The fourth-order valence-electron chi connectivity index (χ4n) is 7.24. The highest BCUT2D eigenvalue weighted by molar-refractivity contribution is 7.19. The number of piperidine rings is 2. The summed E-state index contributed by atoms with van der Waals surface area (Å²) in [7, 11) is 3.05. The summed E-state index contributed by atoms with van der Waals surface area (Å²) in [5, 5.41) is 26.3. The van der Waals surface area contributed by atoms with Crippen molar-refractivity contribution < 1.29 is 42.4 Å². The minimum absolute atomic E-state index is 0.215. The van der Waals surface area contributed by atoms with Crippen molar-refractivity contribution in [1.82, 2.24) is 19.9 Å². The first-order valence-electron chi connectivity index (χ1n) is 19.6. The standard InChI is InChI=1S/C22H23F3N4O4S.C20H22N4O2S/c1-32-15-4-3-12(9-16(15)33-2)11-26-18-14-10-17(22(23,24)25)34-19(14)28-21(27-18)29-7-5-13(6-8-29)20(30)31;1-13-11-16-17(21-12-14-5-3-2-4-6-14)22-20(23-18(16)27-13)24-9-7-15(8-10-24)19(25)26/h3-4,9-10,13H,5-8,11H2,1-2H3,(H,30,31)(H,26,27,28);2-6,11,15H,7-10,12H2,1H3,(H,25,26)(H,21,22,23). The van der Waals surface area contributed by atoms with Gasteiger partial charge < -0.3 is 40.1 Å². The molecule has 0 atom stereocenters. The van der Waals surface area contributed by atoms with E-state index >= 15 is 0 Å². The Kier molecular flexibility index (Phi) is 13.3. The summed E-state index contributed by atoms with van der Waals surface area (Å²) in [5.41, 5.74) is 2.01. The Morgan fingerprint density at radius 3 is 1.72 bits per heavy atom. The summed E-state index contributed by atoms with van der Waals surface area (Å²) < 4.78 is 50.7. The van der Waals surface area contributed by atoms with E-state index in [1.165, 1.54) is 24.7 Å². The molecule has 0 saturated carbocycles. The van der Waals surface area contributed by atoms with Crippen molar-refractivity contribution in [2.24, 2.45) is 11.8 Å². The van der Waals surface area contributed by atoms with Crippen LogP contribution in [0.4, 0.5) is 36.7 Å². The molecule has 2 aliphatic heterocycles. The van der Waals surface area contributed by atoms with Crippen molar-refractivity contribution in [2.45, 2.75) is 51.9 Å². The van der Waals surface area contributed by atoms with E-state index in [2.05, 4.69) is 50.6 Å². The third-order valence-corrected chi connectivity index (χ3v) is 12.6. The zero-order valence-electron chi connectivity index (χ0n) is 33.7. The highest BCUT2D eigenvalue weighted by Gasteiger charge is 2.34. The molecule has 14 nitrogen and oxygen atoms in total. The number of rotatable bonds is 12. The van der Waals surface area contributed by atoms with E-state index in [1.807, 2.05) is 29.2 Å². The Labute approximate surface area is 357 Å². The number of anilines is 4. The number of hydrogen-bond acceptors (Lipinski definition) is 14. The topological polar surface area (TPSA) is 175 Å². The maximum absolute atomic E-state index is 13.4. The quantitative estimate of drug-likeness (QED) is 0.0920. The van der Waals surface area contributed by atoms with Gasteiger partial charge in [-0.15, -0.1) is 22.7 Å². The van der Waals surface area contributed by atoms with Crippen molar-refractivity contribution in [2.75, 3.05) is 60.8 Å². The second kappa shape index (κ2) is 18.8. The van der Waals surface area contributed by atoms with Crippen molar-refractivity contribution in [3.05, 3.63) is 81.5 Å². The maximum Gasteiger partial charge on any atom is 0.425 e. The van der Waals surface area contributed by atoms with Crippen LogP contribution in [-0.2, 0) is 28.9 Å². The lowest BCUT2D eigenvalue weighted by Crippen LogP contribution is -2.37. The molecular formula is C42H45F3N8O6S2. The van der Waals surface area contributed by atoms with Gasteiger partial charge in [0.15, 0.2) is 11.5 Å². The summed E-state index contributed by atoms with van der Waals surface area (Å²) in [6.07, 6.45) is -2.39. The number of aliphatic carboxylic acids is 2. The monoisotopic (exact) mass is 878 g/mol. The molecule has 2 aromatic carbocycles. The lowest BCUT2D eigenvalue weighted by molar-refractivity contribution is -0.143. The average molecular weight is 879 g/mol. The molecule has 61 heavy (non-hydrogen) atoms. The van der Waals surface area contributed by atoms with Crippen LogP contribution in [-0.4, -0.2) is 82.5 Å². The molecule has 0 spiro atoms. The molecule has 0 amide bonds. The number of hydrogen-bond donors (Lipinski definition) is 4. The summed E-state index contributed by atoms with van der Waals surface area (Å²) >= 11 is 2.22. The van der Waals surface area contributed by atoms with Crippen molar-refractivity contribution in [3.8, 4) is 11.5 Å². The van der Waals surface area contributed by atoms with Gasteiger partial charge in [0.1, 0.15) is 26.2 Å². The summed E-state index contributed by atoms with van der Waals surface area (Å²) in [6.45, 7) is 5.22. The third kappa shape index (κ3) is 10.3. The Morgan fingerprint density at radius 2 is 1.21 bits per heavy atom. The predicted octanol–water partition coefficient (Wildman–Crippen LogP) is 8.55. The number of fused-ring (bicyclic) bond motifs is 2. The van der Waals surface area contributed by atoms with E-state index < -0.39 is 28.9 Å². The van der Waals surface area contributed by atoms with Crippen LogP contribution in [0.5, 0.6) is 11.5 Å². The van der Waals surface area contributed by atoms with Crippen LogP contribution < -0.4 is 29.9 Å². The second-order valence-electron chi connectivity index (χ2n) is 14.7. The number of ether oxygens (including phenoxy) is 2. The van der Waals surface area contributed by atoms with Gasteiger partial charge in [0, 0.05) is 44.1 Å². The summed E-state index contributed by atoms with van der Waals surface area (Å²) in [4.78, 5) is 46.4. The van der Waals surface area contributed by atoms with Crippen LogP contribution in [0, 0.1) is 18.8 Å². The SMILES string of the molecule is COc1ccc(CNc2nc(N3CCC(C(=O)O)CC3)nc3sc(C(F)(F)F)cc23)cc1OC.Cc1cc2c(NCc3ccccc3)nc(N3CCC(C(=O)O)CC3)nc2s1. The van der Waals surface area contributed by atoms with Gasteiger partial charge in [0.25, 0.3) is 0 Å². The van der Waals surface area contributed by atoms with E-state index in [0.29, 0.717) is 87.2 Å². The van der Waals surface area contributed by atoms with E-state index in [0.717, 1.165) is 27.7 Å². The van der Waals surface area contributed by atoms with E-state index in [1.54, 1.807) is 23.5 Å². The summed E-state index contributed by atoms with van der Waals surface area (Å²) in [5.74, 6) is 0.926. The zero-order valence-corrected chi connectivity index (χ0v) is 35.3. The highest BCUT2D eigenvalue weighted by atomic mass is 32.1. The maximum atomic E-state index is 13.4. The smallest absolute Gasteiger partial charge is 0.425 e. The van der Waals surface area contributed by atoms with Gasteiger partial charge in [-0.1, -0.05) is 36.4 Å². The molecule has 6 heterocycles. The molecule has 2 aliphatic rings. The fraction of sp³-hybridized carbons (Fsp3) is 0.381. The van der Waals surface area contributed by atoms with E-state index in [-0.39, 0.29) is 34.4 Å². The predicted molar refractivity (Wildman–Crippen MR) is 230 cm³/mol. The van der Waals surface area contributed by atoms with Gasteiger partial charge in [0.05, 0.1) is 36.8 Å². The first kappa shape index (κ1) is 43.1. The van der Waals surface area contributed by atoms with E-state index in [9.17, 15) is 33.0 Å². The molecule has 2 fully saturated rings. The van der Waals surface area contributed by atoms with Crippen LogP contribution in [0.25, 0.3) is 20.4 Å². The van der Waals surface area contributed by atoms with E-state index in [4.69, 9.17) is 19.4 Å². The molecule has 8 rings (SSSR count). The number of alkyl halides is 3. The highest BCUT2D eigenvalue weighted by Crippen LogP contribution is 2.40. The average Bonchev–Trinajstić information content (AvgIpc) is 3.89. The molecule has 0 aliphatic carbocycles. The minimum Gasteiger partial charge on any atom is -0.493 e. The largest absolute Gasteiger partial charge is 0.493 e. The Morgan fingerprint density at radius 1 is 0.705 bits per heavy atom. The molecule has 2 saturated heterocycles. The van der Waals surface area contributed by atoms with Crippen LogP contribution in [0.3, 0.4) is 0 Å². The molecule has 19 heteroatoms. The van der Waals surface area contributed by atoms with Crippen molar-refractivity contribution in [3.63, 3.8) is 0 Å². The van der Waals surface area contributed by atoms with Gasteiger partial charge in [-0.2, -0.15) is 23.1 Å². The molecule has 0 unspecified atom stereocenters. The number of carbonyl (C=O) groups is 2. The van der Waals surface area contributed by atoms with Crippen LogP contribution in [0.15, 0.2) is 60.7 Å². The normalized spacial score (nSPS) is 15.0. The molecule has 322 valence electrons. The fourth-order valence-corrected chi connectivity index (χ4v) is 9.01. The Balaban J connectivity index is 0.000000189. The van der Waals surface area contributed by atoms with Crippen molar-refractivity contribution in [1.29, 1.82) is 0 Å². The second-order valence-corrected chi connectivity index (χ2v) is 17.0. The molecular weight excluding hydrogens is 834 g/mol. The molecule has 4 N–H and O–H groups in total. The lowest BCUT2D eigenvalue weighted by atomic mass is 9.97. The number of carboxylic acids is 2. The third-order valence-electron chi connectivity index (χ3n) is 10.6. The number of carboxylic acid groups (broad SMARTS) is 2. The van der Waals surface area contributed by atoms with Crippen molar-refractivity contribution >= 4 is 78.6 Å². The molecule has 0 radical (unpaired) electrons.